The van der Waals surface area contributed by atoms with Crippen LogP contribution in [0.5, 0.6) is 0 Å². The van der Waals surface area contributed by atoms with Gasteiger partial charge < -0.3 is 10.2 Å². The Morgan fingerprint density at radius 2 is 1.94 bits per heavy atom. The number of aromatic nitrogens is 1. The zero-order valence-corrected chi connectivity index (χ0v) is 11.3. The molecule has 94 valence electrons. The number of pyridine rings is 1. The van der Waals surface area contributed by atoms with E-state index in [2.05, 4.69) is 4.98 Å². The van der Waals surface area contributed by atoms with E-state index in [1.807, 2.05) is 0 Å². The van der Waals surface area contributed by atoms with Crippen LogP contribution in [-0.4, -0.2) is 32.2 Å². The third-order valence-electron chi connectivity index (χ3n) is 1.95. The predicted octanol–water partition coefficient (Wildman–Crippen LogP) is 2.06. The second-order valence-corrected chi connectivity index (χ2v) is 5.33. The van der Waals surface area contributed by atoms with Crippen molar-refractivity contribution in [1.29, 1.82) is 0 Å². The summed E-state index contributed by atoms with van der Waals surface area (Å²) >= 11 is 12.3. The van der Waals surface area contributed by atoms with Gasteiger partial charge in [0.25, 0.3) is 0 Å². The first-order valence-corrected chi connectivity index (χ1v) is 6.46. The van der Waals surface area contributed by atoms with Gasteiger partial charge >= 0.3 is 0 Å². The van der Waals surface area contributed by atoms with E-state index in [1.165, 1.54) is 19.1 Å². The molecule has 0 bridgehead atoms. The quantitative estimate of drug-likeness (QED) is 0.832. The number of hydrogen-bond acceptors (Lipinski definition) is 5. The summed E-state index contributed by atoms with van der Waals surface area (Å²) in [5, 5.41) is 19.7. The van der Waals surface area contributed by atoms with Crippen molar-refractivity contribution in [2.24, 2.45) is 0 Å². The number of aliphatic hydroxyl groups excluding tert-OH is 2. The Morgan fingerprint density at radius 1 is 1.41 bits per heavy atom. The average molecular weight is 296 g/mol. The molecule has 2 unspecified atom stereocenters. The minimum absolute atomic E-state index is 0.105. The Morgan fingerprint density at radius 3 is 2.41 bits per heavy atom. The van der Waals surface area contributed by atoms with Crippen LogP contribution in [0.4, 0.5) is 0 Å². The van der Waals surface area contributed by atoms with Crippen LogP contribution in [0, 0.1) is 0 Å². The molecule has 0 radical (unpaired) electrons. The fourth-order valence-corrected chi connectivity index (χ4v) is 2.24. The fraction of sp³-hybridized carbons (Fsp3) is 0.400. The van der Waals surface area contributed by atoms with Crippen LogP contribution in [0.3, 0.4) is 0 Å². The van der Waals surface area contributed by atoms with Crippen molar-refractivity contribution in [3.8, 4) is 0 Å². The molecular formula is C10H11Cl2NO3S. The van der Waals surface area contributed by atoms with E-state index in [4.69, 9.17) is 23.2 Å². The van der Waals surface area contributed by atoms with Crippen LogP contribution in [0.15, 0.2) is 12.1 Å². The van der Waals surface area contributed by atoms with Gasteiger partial charge in [-0.1, -0.05) is 35.0 Å². The summed E-state index contributed by atoms with van der Waals surface area (Å²) in [6.07, 6.45) is -2.22. The number of rotatable bonds is 4. The summed E-state index contributed by atoms with van der Waals surface area (Å²) in [5.41, 5.74) is 0.367. The topological polar surface area (TPSA) is 70.4 Å². The molecule has 17 heavy (non-hydrogen) atoms. The molecule has 0 aliphatic carbocycles. The highest BCUT2D eigenvalue weighted by Crippen LogP contribution is 2.24. The third-order valence-corrected chi connectivity index (χ3v) is 3.25. The summed E-state index contributed by atoms with van der Waals surface area (Å²) in [7, 11) is 0. The summed E-state index contributed by atoms with van der Waals surface area (Å²) in [6, 6.07) is 2.83. The molecule has 0 spiro atoms. The third kappa shape index (κ3) is 4.81. The number of thioether (sulfide) groups is 1. The highest BCUT2D eigenvalue weighted by Gasteiger charge is 2.20. The summed E-state index contributed by atoms with van der Waals surface area (Å²) < 4.78 is 0. The Labute approximate surface area is 113 Å². The largest absolute Gasteiger partial charge is 0.389 e. The van der Waals surface area contributed by atoms with Gasteiger partial charge in [-0.15, -0.1) is 0 Å². The molecule has 1 rings (SSSR count). The SMILES string of the molecule is CC(=O)SCC(O)C(O)c1cc(Cl)nc(Cl)c1. The maximum Gasteiger partial charge on any atom is 0.185 e. The van der Waals surface area contributed by atoms with Crippen LogP contribution < -0.4 is 0 Å². The Hall–Kier alpha value is -0.330. The predicted molar refractivity (Wildman–Crippen MR) is 68.4 cm³/mol. The molecular weight excluding hydrogens is 285 g/mol. The van der Waals surface area contributed by atoms with Crippen LogP contribution in [0.2, 0.25) is 10.3 Å². The highest BCUT2D eigenvalue weighted by atomic mass is 35.5. The Balaban J connectivity index is 2.73. The van der Waals surface area contributed by atoms with Gasteiger partial charge in [0.2, 0.25) is 0 Å². The molecule has 0 aliphatic heterocycles. The van der Waals surface area contributed by atoms with Gasteiger partial charge in [-0.3, -0.25) is 4.79 Å². The molecule has 2 atom stereocenters. The number of hydrogen-bond donors (Lipinski definition) is 2. The minimum atomic E-state index is -1.15. The second kappa shape index (κ2) is 6.56. The maximum atomic E-state index is 10.7. The minimum Gasteiger partial charge on any atom is -0.389 e. The summed E-state index contributed by atoms with van der Waals surface area (Å²) in [4.78, 5) is 14.5. The van der Waals surface area contributed by atoms with Crippen molar-refractivity contribution in [1.82, 2.24) is 4.98 Å². The van der Waals surface area contributed by atoms with Crippen molar-refractivity contribution < 1.29 is 15.0 Å². The van der Waals surface area contributed by atoms with Gasteiger partial charge in [0, 0.05) is 12.7 Å². The zero-order valence-electron chi connectivity index (χ0n) is 8.93. The fourth-order valence-electron chi connectivity index (χ4n) is 1.17. The molecule has 4 nitrogen and oxygen atoms in total. The first-order valence-electron chi connectivity index (χ1n) is 4.72. The maximum absolute atomic E-state index is 10.7. The van der Waals surface area contributed by atoms with Crippen molar-refractivity contribution in [2.45, 2.75) is 19.1 Å². The van der Waals surface area contributed by atoms with E-state index in [9.17, 15) is 15.0 Å². The van der Waals surface area contributed by atoms with Crippen LogP contribution in [0.1, 0.15) is 18.6 Å². The molecule has 0 amide bonds. The van der Waals surface area contributed by atoms with Gasteiger partial charge in [-0.2, -0.15) is 0 Å². The second-order valence-electron chi connectivity index (χ2n) is 3.36. The van der Waals surface area contributed by atoms with E-state index in [1.54, 1.807) is 0 Å². The van der Waals surface area contributed by atoms with Gasteiger partial charge in [-0.05, 0) is 17.7 Å². The molecule has 1 aromatic heterocycles. The van der Waals surface area contributed by atoms with Crippen molar-refractivity contribution in [2.75, 3.05) is 5.75 Å². The lowest BCUT2D eigenvalue weighted by Gasteiger charge is -2.17. The van der Waals surface area contributed by atoms with E-state index >= 15 is 0 Å². The molecule has 0 saturated heterocycles. The van der Waals surface area contributed by atoms with Crippen molar-refractivity contribution >= 4 is 40.1 Å². The van der Waals surface area contributed by atoms with Gasteiger partial charge in [0.05, 0.1) is 6.10 Å². The molecule has 1 aromatic rings. The van der Waals surface area contributed by atoms with Crippen LogP contribution in [-0.2, 0) is 4.79 Å². The lowest BCUT2D eigenvalue weighted by Crippen LogP contribution is -2.21. The molecule has 1 heterocycles. The highest BCUT2D eigenvalue weighted by molar-refractivity contribution is 8.13. The van der Waals surface area contributed by atoms with Crippen molar-refractivity contribution in [3.63, 3.8) is 0 Å². The first kappa shape index (κ1) is 14.7. The molecule has 0 fully saturated rings. The van der Waals surface area contributed by atoms with Gasteiger partial charge in [-0.25, -0.2) is 4.98 Å². The average Bonchev–Trinajstić information content (AvgIpc) is 2.23. The number of carbonyl (C=O) groups is 1. The number of halogens is 2. The van der Waals surface area contributed by atoms with Crippen LogP contribution >= 0.6 is 35.0 Å². The molecule has 0 aliphatic rings. The van der Waals surface area contributed by atoms with Crippen molar-refractivity contribution in [3.05, 3.63) is 28.0 Å². The Kier molecular flexibility index (Phi) is 5.69. The smallest absolute Gasteiger partial charge is 0.185 e. The van der Waals surface area contributed by atoms with E-state index in [0.29, 0.717) is 5.56 Å². The van der Waals surface area contributed by atoms with E-state index < -0.39 is 12.2 Å². The standard InChI is InChI=1S/C10H11Cl2NO3S/c1-5(14)17-4-7(15)10(16)6-2-8(11)13-9(12)3-6/h2-3,7,10,15-16H,4H2,1H3. The zero-order chi connectivity index (χ0) is 13.0. The molecule has 0 saturated carbocycles. The lowest BCUT2D eigenvalue weighted by atomic mass is 10.1. The number of carbonyl (C=O) groups excluding carboxylic acids is 1. The molecule has 0 aromatic carbocycles. The number of nitrogens with zero attached hydrogens (tertiary/aromatic N) is 1. The molecule has 2 N–H and O–H groups in total. The lowest BCUT2D eigenvalue weighted by molar-refractivity contribution is -0.109. The van der Waals surface area contributed by atoms with Gasteiger partial charge in [0.15, 0.2) is 5.12 Å². The normalized spacial score (nSPS) is 14.4. The van der Waals surface area contributed by atoms with Crippen LogP contribution in [0.25, 0.3) is 0 Å². The van der Waals surface area contributed by atoms with Gasteiger partial charge in [0.1, 0.15) is 16.4 Å². The monoisotopic (exact) mass is 295 g/mol. The molecule has 7 heteroatoms. The number of aliphatic hydroxyl groups is 2. The van der Waals surface area contributed by atoms with E-state index in [-0.39, 0.29) is 21.2 Å². The van der Waals surface area contributed by atoms with E-state index in [0.717, 1.165) is 11.8 Å². The summed E-state index contributed by atoms with van der Waals surface area (Å²) in [5.74, 6) is 0.105. The summed E-state index contributed by atoms with van der Waals surface area (Å²) in [6.45, 7) is 1.39. The Bertz CT molecular complexity index is 396. The first-order chi connectivity index (χ1) is 7.90.